The van der Waals surface area contributed by atoms with Crippen molar-refractivity contribution in [3.63, 3.8) is 0 Å². The van der Waals surface area contributed by atoms with Crippen LogP contribution in [0.15, 0.2) is 78.9 Å². The van der Waals surface area contributed by atoms with E-state index in [9.17, 15) is 18.0 Å². The normalized spacial score (nSPS) is 12.8. The molecule has 3 aromatic rings. The largest absolute Gasteiger partial charge is 0.352 e. The van der Waals surface area contributed by atoms with Crippen LogP contribution in [0.4, 0.5) is 5.69 Å². The van der Waals surface area contributed by atoms with Gasteiger partial charge in [-0.3, -0.25) is 13.9 Å². The third-order valence-electron chi connectivity index (χ3n) is 7.32. The molecule has 7 nitrogen and oxygen atoms in total. The number of aryl methyl sites for hydroxylation is 2. The molecule has 2 amide bonds. The van der Waals surface area contributed by atoms with Crippen LogP contribution in [-0.4, -0.2) is 50.0 Å². The predicted molar refractivity (Wildman–Crippen MR) is 166 cm³/mol. The van der Waals surface area contributed by atoms with E-state index in [4.69, 9.17) is 0 Å². The Kier molecular flexibility index (Phi) is 11.5. The Morgan fingerprint density at radius 3 is 2.24 bits per heavy atom. The highest BCUT2D eigenvalue weighted by atomic mass is 32.2. The van der Waals surface area contributed by atoms with E-state index >= 15 is 0 Å². The van der Waals surface area contributed by atoms with E-state index in [0.717, 1.165) is 28.7 Å². The number of anilines is 1. The SMILES string of the molecule is CC[C@H](C)NC(=O)[C@H](Cc1ccccc1)N(Cc1ccccc1C)C(=O)CCCN(c1cccc(C)c1)S(C)(=O)=O. The summed E-state index contributed by atoms with van der Waals surface area (Å²) in [5, 5.41) is 3.09. The number of hydrogen-bond donors (Lipinski definition) is 1. The molecule has 0 aliphatic rings. The first-order chi connectivity index (χ1) is 19.5. The molecule has 0 heterocycles. The minimum Gasteiger partial charge on any atom is -0.352 e. The highest BCUT2D eigenvalue weighted by molar-refractivity contribution is 7.92. The smallest absolute Gasteiger partial charge is 0.243 e. The zero-order valence-corrected chi connectivity index (χ0v) is 25.7. The Balaban J connectivity index is 1.90. The summed E-state index contributed by atoms with van der Waals surface area (Å²) in [6, 6.07) is 24.1. The van der Waals surface area contributed by atoms with Gasteiger partial charge in [-0.25, -0.2) is 8.42 Å². The van der Waals surface area contributed by atoms with Crippen molar-refractivity contribution in [2.75, 3.05) is 17.1 Å². The van der Waals surface area contributed by atoms with Crippen LogP contribution in [0.3, 0.4) is 0 Å². The van der Waals surface area contributed by atoms with Gasteiger partial charge in [0.25, 0.3) is 0 Å². The number of amides is 2. The molecule has 0 saturated carbocycles. The Hall–Kier alpha value is -3.65. The summed E-state index contributed by atoms with van der Waals surface area (Å²) in [6.07, 6.45) is 2.74. The zero-order valence-electron chi connectivity index (χ0n) is 24.8. The molecule has 0 unspecified atom stereocenters. The molecule has 1 N–H and O–H groups in total. The maximum atomic E-state index is 14.0. The Bertz CT molecular complexity index is 1410. The first-order valence-corrected chi connectivity index (χ1v) is 16.1. The first-order valence-electron chi connectivity index (χ1n) is 14.2. The molecule has 3 rings (SSSR count). The molecule has 2 atom stereocenters. The van der Waals surface area contributed by atoms with E-state index in [1.807, 2.05) is 100 Å². The lowest BCUT2D eigenvalue weighted by atomic mass is 10.0. The summed E-state index contributed by atoms with van der Waals surface area (Å²) >= 11 is 0. The molecule has 0 bridgehead atoms. The first kappa shape index (κ1) is 31.9. The summed E-state index contributed by atoms with van der Waals surface area (Å²) in [5.74, 6) is -0.381. The van der Waals surface area contributed by atoms with E-state index in [0.29, 0.717) is 18.5 Å². The van der Waals surface area contributed by atoms with Crippen LogP contribution in [0.25, 0.3) is 0 Å². The number of hydrogen-bond acceptors (Lipinski definition) is 4. The van der Waals surface area contributed by atoms with E-state index in [1.165, 1.54) is 10.6 Å². The van der Waals surface area contributed by atoms with Crippen molar-refractivity contribution in [3.05, 3.63) is 101 Å². The van der Waals surface area contributed by atoms with E-state index in [1.54, 1.807) is 11.0 Å². The standard InChI is InChI=1S/C33H43N3O4S/c1-6-27(4)34-33(38)31(23-28-16-8-7-9-17-28)35(24-29-18-11-10-15-26(29)3)32(37)20-13-21-36(41(5,39)40)30-19-12-14-25(2)22-30/h7-12,14-19,22,27,31H,6,13,20-21,23-24H2,1-5H3,(H,34,38)/t27-,31-/m0/s1. The second-order valence-corrected chi connectivity index (χ2v) is 12.7. The number of rotatable bonds is 14. The molecule has 0 spiro atoms. The quantitative estimate of drug-likeness (QED) is 0.278. The van der Waals surface area contributed by atoms with Gasteiger partial charge in [0.2, 0.25) is 21.8 Å². The van der Waals surface area contributed by atoms with Gasteiger partial charge in [0.1, 0.15) is 6.04 Å². The van der Waals surface area contributed by atoms with Crippen molar-refractivity contribution in [3.8, 4) is 0 Å². The van der Waals surface area contributed by atoms with Crippen molar-refractivity contribution < 1.29 is 18.0 Å². The van der Waals surface area contributed by atoms with Crippen LogP contribution in [-0.2, 0) is 32.6 Å². The average molecular weight is 578 g/mol. The van der Waals surface area contributed by atoms with Crippen LogP contribution in [0.1, 0.15) is 55.4 Å². The number of carbonyl (C=O) groups is 2. The molecule has 0 radical (unpaired) electrons. The number of carbonyl (C=O) groups excluding carboxylic acids is 2. The maximum absolute atomic E-state index is 14.0. The second kappa shape index (κ2) is 14.8. The van der Waals surface area contributed by atoms with Gasteiger partial charge >= 0.3 is 0 Å². The molecule has 220 valence electrons. The van der Waals surface area contributed by atoms with Crippen molar-refractivity contribution in [1.82, 2.24) is 10.2 Å². The summed E-state index contributed by atoms with van der Waals surface area (Å²) in [7, 11) is -3.55. The summed E-state index contributed by atoms with van der Waals surface area (Å²) in [6.45, 7) is 8.31. The molecule has 0 saturated heterocycles. The van der Waals surface area contributed by atoms with Gasteiger partial charge in [0, 0.05) is 32.0 Å². The minimum atomic E-state index is -3.55. The number of nitrogens with one attached hydrogen (secondary N) is 1. The number of nitrogens with zero attached hydrogens (tertiary/aromatic N) is 2. The summed E-state index contributed by atoms with van der Waals surface area (Å²) < 4.78 is 26.6. The van der Waals surface area contributed by atoms with Gasteiger partial charge in [0.15, 0.2) is 0 Å². The van der Waals surface area contributed by atoms with E-state index in [-0.39, 0.29) is 37.4 Å². The second-order valence-electron chi connectivity index (χ2n) is 10.7. The molecule has 3 aromatic carbocycles. The third kappa shape index (κ3) is 9.46. The van der Waals surface area contributed by atoms with Crippen LogP contribution in [0.5, 0.6) is 0 Å². The Morgan fingerprint density at radius 1 is 0.927 bits per heavy atom. The molecule has 8 heteroatoms. The average Bonchev–Trinajstić information content (AvgIpc) is 2.93. The highest BCUT2D eigenvalue weighted by Gasteiger charge is 2.31. The fraction of sp³-hybridized carbons (Fsp3) is 0.394. The number of benzene rings is 3. The van der Waals surface area contributed by atoms with Crippen LogP contribution < -0.4 is 9.62 Å². The lowest BCUT2D eigenvalue weighted by Crippen LogP contribution is -2.52. The fourth-order valence-corrected chi connectivity index (χ4v) is 5.71. The van der Waals surface area contributed by atoms with Crippen molar-refractivity contribution in [1.29, 1.82) is 0 Å². The molecule has 0 fully saturated rings. The van der Waals surface area contributed by atoms with Gasteiger partial charge < -0.3 is 10.2 Å². The van der Waals surface area contributed by atoms with Crippen LogP contribution in [0.2, 0.25) is 0 Å². The summed E-state index contributed by atoms with van der Waals surface area (Å²) in [4.78, 5) is 29.3. The Labute approximate surface area is 245 Å². The van der Waals surface area contributed by atoms with Gasteiger partial charge in [0.05, 0.1) is 11.9 Å². The van der Waals surface area contributed by atoms with Crippen molar-refractivity contribution in [2.45, 2.75) is 72.0 Å². The molecule has 0 aromatic heterocycles. The van der Waals surface area contributed by atoms with Gasteiger partial charge in [-0.2, -0.15) is 0 Å². The predicted octanol–water partition coefficient (Wildman–Crippen LogP) is 5.40. The van der Waals surface area contributed by atoms with Crippen LogP contribution >= 0.6 is 0 Å². The molecular formula is C33H43N3O4S. The molecule has 41 heavy (non-hydrogen) atoms. The monoisotopic (exact) mass is 577 g/mol. The van der Waals surface area contributed by atoms with E-state index in [2.05, 4.69) is 5.32 Å². The minimum absolute atomic E-state index is 0.0335. The van der Waals surface area contributed by atoms with Gasteiger partial charge in [-0.05, 0) is 68.0 Å². The summed E-state index contributed by atoms with van der Waals surface area (Å²) in [5.41, 5.74) is 4.49. The molecule has 0 aliphatic carbocycles. The zero-order chi connectivity index (χ0) is 30.0. The van der Waals surface area contributed by atoms with Gasteiger partial charge in [-0.15, -0.1) is 0 Å². The molecule has 0 aliphatic heterocycles. The van der Waals surface area contributed by atoms with Gasteiger partial charge in [-0.1, -0.05) is 73.7 Å². The topological polar surface area (TPSA) is 86.8 Å². The maximum Gasteiger partial charge on any atom is 0.243 e. The van der Waals surface area contributed by atoms with Crippen molar-refractivity contribution in [2.24, 2.45) is 0 Å². The van der Waals surface area contributed by atoms with Crippen LogP contribution in [0, 0.1) is 13.8 Å². The third-order valence-corrected chi connectivity index (χ3v) is 8.51. The lowest BCUT2D eigenvalue weighted by Gasteiger charge is -2.33. The van der Waals surface area contributed by atoms with E-state index < -0.39 is 16.1 Å². The molecular weight excluding hydrogens is 534 g/mol. The Morgan fingerprint density at radius 2 is 1.61 bits per heavy atom. The van der Waals surface area contributed by atoms with Crippen molar-refractivity contribution >= 4 is 27.5 Å². The highest BCUT2D eigenvalue weighted by Crippen LogP contribution is 2.22. The lowest BCUT2D eigenvalue weighted by molar-refractivity contribution is -0.141. The fourth-order valence-electron chi connectivity index (χ4n) is 4.75. The number of sulfonamides is 1.